The van der Waals surface area contributed by atoms with E-state index in [2.05, 4.69) is 21.7 Å². The molecule has 0 saturated carbocycles. The zero-order chi connectivity index (χ0) is 16.2. The van der Waals surface area contributed by atoms with Crippen LogP contribution in [0.5, 0.6) is 0 Å². The van der Waals surface area contributed by atoms with Crippen LogP contribution >= 0.6 is 11.3 Å². The maximum Gasteiger partial charge on any atom is 0.319 e. The average Bonchev–Trinajstić information content (AvgIpc) is 3.16. The molecule has 5 nitrogen and oxygen atoms in total. The highest BCUT2D eigenvalue weighted by atomic mass is 32.1. The van der Waals surface area contributed by atoms with Gasteiger partial charge in [0.1, 0.15) is 0 Å². The van der Waals surface area contributed by atoms with Gasteiger partial charge in [0, 0.05) is 40.6 Å². The Balaban J connectivity index is 1.68. The highest BCUT2D eigenvalue weighted by Gasteiger charge is 2.20. The molecule has 23 heavy (non-hydrogen) atoms. The molecular weight excluding hydrogens is 310 g/mol. The average molecular weight is 329 g/mol. The lowest BCUT2D eigenvalue weighted by Crippen LogP contribution is -2.36. The summed E-state index contributed by atoms with van der Waals surface area (Å²) in [7, 11) is 0. The van der Waals surface area contributed by atoms with Gasteiger partial charge in [-0.3, -0.25) is 4.98 Å². The van der Waals surface area contributed by atoms with Crippen molar-refractivity contribution in [3.8, 4) is 11.3 Å². The number of amides is 2. The number of aromatic nitrogens is 1. The zero-order valence-electron chi connectivity index (χ0n) is 12.8. The zero-order valence-corrected chi connectivity index (χ0v) is 13.6. The van der Waals surface area contributed by atoms with Crippen molar-refractivity contribution in [3.63, 3.8) is 0 Å². The second kappa shape index (κ2) is 6.93. The number of thiophene rings is 1. The molecule has 0 radical (unpaired) electrons. The fourth-order valence-corrected chi connectivity index (χ4v) is 3.34. The summed E-state index contributed by atoms with van der Waals surface area (Å²) in [6, 6.07) is 5.39. The quantitative estimate of drug-likeness (QED) is 0.754. The number of nitrogens with zero attached hydrogens (tertiary/aromatic N) is 1. The Morgan fingerprint density at radius 1 is 1.48 bits per heavy atom. The van der Waals surface area contributed by atoms with E-state index in [0.717, 1.165) is 17.7 Å². The number of pyridine rings is 1. The predicted molar refractivity (Wildman–Crippen MR) is 92.6 cm³/mol. The van der Waals surface area contributed by atoms with E-state index in [0.29, 0.717) is 5.69 Å². The van der Waals surface area contributed by atoms with Crippen molar-refractivity contribution in [1.29, 1.82) is 0 Å². The number of hydrogen-bond donors (Lipinski definition) is 3. The Hall–Kier alpha value is -2.18. The van der Waals surface area contributed by atoms with Crippen molar-refractivity contribution >= 4 is 23.1 Å². The number of carbonyl (C=O) groups is 1. The van der Waals surface area contributed by atoms with Crippen molar-refractivity contribution in [1.82, 2.24) is 10.3 Å². The molecule has 2 heterocycles. The topological polar surface area (TPSA) is 74.2 Å². The van der Waals surface area contributed by atoms with Gasteiger partial charge in [-0.15, -0.1) is 11.3 Å². The summed E-state index contributed by atoms with van der Waals surface area (Å²) >= 11 is 1.65. The number of aryl methyl sites for hydroxylation is 1. The van der Waals surface area contributed by atoms with Gasteiger partial charge in [-0.05, 0) is 31.5 Å². The summed E-state index contributed by atoms with van der Waals surface area (Å²) < 4.78 is 0. The maximum absolute atomic E-state index is 12.2. The van der Waals surface area contributed by atoms with E-state index in [9.17, 15) is 4.79 Å². The van der Waals surface area contributed by atoms with Crippen molar-refractivity contribution in [3.05, 3.63) is 46.8 Å². The first-order valence-corrected chi connectivity index (χ1v) is 8.41. The maximum atomic E-state index is 12.2. The van der Waals surface area contributed by atoms with Crippen molar-refractivity contribution < 1.29 is 9.90 Å². The van der Waals surface area contributed by atoms with Crippen molar-refractivity contribution in [2.75, 3.05) is 11.9 Å². The molecule has 6 heteroatoms. The highest BCUT2D eigenvalue weighted by Crippen LogP contribution is 2.29. The number of rotatable bonds is 4. The Morgan fingerprint density at radius 2 is 2.35 bits per heavy atom. The lowest BCUT2D eigenvalue weighted by Gasteiger charge is -2.14. The molecule has 0 saturated heterocycles. The van der Waals surface area contributed by atoms with Crippen LogP contribution in [-0.4, -0.2) is 28.8 Å². The number of urea groups is 1. The Kier molecular flexibility index (Phi) is 4.73. The van der Waals surface area contributed by atoms with E-state index >= 15 is 0 Å². The number of aliphatic hydroxyl groups excluding tert-OH is 1. The summed E-state index contributed by atoms with van der Waals surface area (Å²) in [5.41, 5.74) is 2.45. The van der Waals surface area contributed by atoms with E-state index in [1.165, 1.54) is 4.88 Å². The molecule has 0 fully saturated rings. The van der Waals surface area contributed by atoms with Crippen molar-refractivity contribution in [2.45, 2.75) is 19.4 Å². The van der Waals surface area contributed by atoms with Crippen LogP contribution in [-0.2, 0) is 0 Å². The Morgan fingerprint density at radius 3 is 3.04 bits per heavy atom. The lowest BCUT2D eigenvalue weighted by molar-refractivity contribution is 0.238. The smallest absolute Gasteiger partial charge is 0.319 e. The third-order valence-electron chi connectivity index (χ3n) is 3.78. The third kappa shape index (κ3) is 3.78. The van der Waals surface area contributed by atoms with Gasteiger partial charge < -0.3 is 15.7 Å². The van der Waals surface area contributed by atoms with E-state index in [4.69, 9.17) is 5.11 Å². The van der Waals surface area contributed by atoms with Gasteiger partial charge in [-0.1, -0.05) is 12.2 Å². The monoisotopic (exact) mass is 329 g/mol. The summed E-state index contributed by atoms with van der Waals surface area (Å²) in [6.07, 6.45) is 6.31. The summed E-state index contributed by atoms with van der Waals surface area (Å²) in [4.78, 5) is 17.8. The molecule has 0 aromatic carbocycles. The molecule has 2 amide bonds. The standard InChI is InChI=1S/C17H19N3O2S/c1-11-7-13(10-23-11)16-15(3-2-6-18-16)20-17(22)19-14-5-4-12(8-14)9-21/h2-7,10,12,14,21H,8-9H2,1H3,(H2,19,20,22)/t12-,14+/m0/s1. The van der Waals surface area contributed by atoms with Gasteiger partial charge in [0.25, 0.3) is 0 Å². The van der Waals surface area contributed by atoms with Crippen LogP contribution in [0.15, 0.2) is 41.9 Å². The van der Waals surface area contributed by atoms with Crippen LogP contribution in [0.25, 0.3) is 11.3 Å². The van der Waals surface area contributed by atoms with Gasteiger partial charge >= 0.3 is 6.03 Å². The normalized spacial score (nSPS) is 19.7. The van der Waals surface area contributed by atoms with Gasteiger partial charge in [0.2, 0.25) is 0 Å². The first-order valence-electron chi connectivity index (χ1n) is 7.53. The molecule has 3 rings (SSSR count). The lowest BCUT2D eigenvalue weighted by atomic mass is 10.1. The fourth-order valence-electron chi connectivity index (χ4n) is 2.65. The van der Waals surface area contributed by atoms with E-state index < -0.39 is 0 Å². The first kappa shape index (κ1) is 15.7. The SMILES string of the molecule is Cc1cc(-c2ncccc2NC(=O)N[C@@H]2C=C[C@H](CO)C2)cs1. The van der Waals surface area contributed by atoms with Crippen molar-refractivity contribution in [2.24, 2.45) is 5.92 Å². The molecule has 1 aliphatic rings. The second-order valence-electron chi connectivity index (χ2n) is 5.61. The molecule has 2 atom stereocenters. The van der Waals surface area contributed by atoms with Crippen LogP contribution in [0.1, 0.15) is 11.3 Å². The number of carbonyl (C=O) groups excluding carboxylic acids is 1. The fraction of sp³-hybridized carbons (Fsp3) is 0.294. The third-order valence-corrected chi connectivity index (χ3v) is 4.64. The largest absolute Gasteiger partial charge is 0.396 e. The molecule has 0 spiro atoms. The van der Waals surface area contributed by atoms with Gasteiger partial charge in [-0.2, -0.15) is 0 Å². The minimum Gasteiger partial charge on any atom is -0.396 e. The summed E-state index contributed by atoms with van der Waals surface area (Å²) in [5, 5.41) is 16.9. The highest BCUT2D eigenvalue weighted by molar-refractivity contribution is 7.10. The van der Waals surface area contributed by atoms with E-state index in [1.807, 2.05) is 30.5 Å². The summed E-state index contributed by atoms with van der Waals surface area (Å²) in [6.45, 7) is 2.15. The van der Waals surface area contributed by atoms with Gasteiger partial charge in [0.15, 0.2) is 0 Å². The molecular formula is C17H19N3O2S. The molecule has 2 aromatic heterocycles. The molecule has 0 bridgehead atoms. The Bertz CT molecular complexity index is 726. The van der Waals surface area contributed by atoms with Crippen LogP contribution in [0, 0.1) is 12.8 Å². The van der Waals surface area contributed by atoms with Crippen LogP contribution < -0.4 is 10.6 Å². The minimum absolute atomic E-state index is 0.0457. The van der Waals surface area contributed by atoms with E-state index in [1.54, 1.807) is 23.6 Å². The number of aliphatic hydroxyl groups is 1. The molecule has 2 aromatic rings. The number of anilines is 1. The molecule has 0 aliphatic heterocycles. The van der Waals surface area contributed by atoms with Crippen LogP contribution in [0.2, 0.25) is 0 Å². The second-order valence-corrected chi connectivity index (χ2v) is 6.73. The molecule has 3 N–H and O–H groups in total. The van der Waals surface area contributed by atoms with Gasteiger partial charge in [-0.25, -0.2) is 4.79 Å². The molecule has 0 unspecified atom stereocenters. The molecule has 1 aliphatic carbocycles. The van der Waals surface area contributed by atoms with Crippen LogP contribution in [0.3, 0.4) is 0 Å². The van der Waals surface area contributed by atoms with E-state index in [-0.39, 0.29) is 24.6 Å². The number of hydrogen-bond acceptors (Lipinski definition) is 4. The van der Waals surface area contributed by atoms with Crippen LogP contribution in [0.4, 0.5) is 10.5 Å². The number of nitrogens with one attached hydrogen (secondary N) is 2. The predicted octanol–water partition coefficient (Wildman–Crippen LogP) is 3.18. The molecule has 120 valence electrons. The Labute approximate surface area is 139 Å². The van der Waals surface area contributed by atoms with Gasteiger partial charge in [0.05, 0.1) is 11.4 Å². The minimum atomic E-state index is -0.264. The first-order chi connectivity index (χ1) is 11.2. The summed E-state index contributed by atoms with van der Waals surface area (Å²) in [5.74, 6) is 0.128.